The number of hydrogen-bond donors (Lipinski definition) is 1. The third-order valence-electron chi connectivity index (χ3n) is 4.34. The van der Waals surface area contributed by atoms with Gasteiger partial charge in [-0.1, -0.05) is 59.8 Å². The summed E-state index contributed by atoms with van der Waals surface area (Å²) in [4.78, 5) is 12.2. The molecule has 4 rings (SSSR count). The van der Waals surface area contributed by atoms with E-state index in [-0.39, 0.29) is 11.7 Å². The molecule has 0 atom stereocenters. The van der Waals surface area contributed by atoms with Crippen LogP contribution in [0.3, 0.4) is 0 Å². The molecule has 0 fully saturated rings. The maximum Gasteiger partial charge on any atom is 0.230 e. The molecule has 1 N–H and O–H groups in total. The number of carbonyl (C=O) groups excluding carboxylic acids is 1. The predicted octanol–water partition coefficient (Wildman–Crippen LogP) is 4.25. The molecule has 0 aliphatic rings. The summed E-state index contributed by atoms with van der Waals surface area (Å²) in [5.74, 6) is 0.182. The number of amides is 1. The fourth-order valence-corrected chi connectivity index (χ4v) is 3.97. The van der Waals surface area contributed by atoms with Crippen LogP contribution in [-0.2, 0) is 11.3 Å². The largest absolute Gasteiger partial charge is 0.351 e. The van der Waals surface area contributed by atoms with Gasteiger partial charge in [0.2, 0.25) is 5.91 Å². The van der Waals surface area contributed by atoms with E-state index in [9.17, 15) is 4.79 Å². The number of fused-ring (bicyclic) bond motifs is 3. The molecule has 5 nitrogen and oxygen atoms in total. The van der Waals surface area contributed by atoms with Crippen LogP contribution in [0.25, 0.3) is 16.6 Å². The lowest BCUT2D eigenvalue weighted by atomic mass is 10.1. The maximum atomic E-state index is 12.2. The molecular weight excluding hydrogens is 380 g/mol. The number of carbonyl (C=O) groups is 1. The molecule has 0 saturated heterocycles. The lowest BCUT2D eigenvalue weighted by molar-refractivity contribution is -0.118. The van der Waals surface area contributed by atoms with Crippen LogP contribution in [0.4, 0.5) is 0 Å². The Morgan fingerprint density at radius 3 is 2.78 bits per heavy atom. The summed E-state index contributed by atoms with van der Waals surface area (Å²) in [6.45, 7) is 2.47. The fourth-order valence-electron chi connectivity index (χ4n) is 2.98. The second-order valence-electron chi connectivity index (χ2n) is 6.18. The van der Waals surface area contributed by atoms with Crippen molar-refractivity contribution in [2.24, 2.45) is 0 Å². The number of rotatable bonds is 5. The third kappa shape index (κ3) is 3.63. The van der Waals surface area contributed by atoms with Gasteiger partial charge in [-0.3, -0.25) is 9.20 Å². The summed E-state index contributed by atoms with van der Waals surface area (Å²) in [7, 11) is 0. The van der Waals surface area contributed by atoms with Crippen LogP contribution in [0, 0.1) is 6.92 Å². The molecule has 0 aliphatic heterocycles. The van der Waals surface area contributed by atoms with Crippen molar-refractivity contribution in [1.29, 1.82) is 0 Å². The van der Waals surface area contributed by atoms with Crippen LogP contribution in [0.5, 0.6) is 0 Å². The third-order valence-corrected chi connectivity index (χ3v) is 5.64. The molecule has 1 amide bonds. The van der Waals surface area contributed by atoms with Crippen molar-refractivity contribution >= 4 is 45.8 Å². The van der Waals surface area contributed by atoms with Gasteiger partial charge in [-0.05, 0) is 36.2 Å². The highest BCUT2D eigenvalue weighted by Gasteiger charge is 2.13. The molecule has 0 saturated carbocycles. The Balaban J connectivity index is 1.50. The van der Waals surface area contributed by atoms with E-state index in [1.54, 1.807) is 0 Å². The second-order valence-corrected chi connectivity index (χ2v) is 7.53. The molecule has 0 bridgehead atoms. The zero-order valence-electron chi connectivity index (χ0n) is 14.6. The molecule has 0 spiro atoms. The number of aryl methyl sites for hydroxylation is 1. The molecule has 27 heavy (non-hydrogen) atoms. The number of aromatic nitrogens is 3. The molecule has 0 unspecified atom stereocenters. The topological polar surface area (TPSA) is 59.3 Å². The molecule has 136 valence electrons. The van der Waals surface area contributed by atoms with Crippen molar-refractivity contribution in [3.63, 3.8) is 0 Å². The minimum absolute atomic E-state index is 0.0758. The Bertz CT molecular complexity index is 1140. The zero-order chi connectivity index (χ0) is 18.8. The Labute approximate surface area is 165 Å². The summed E-state index contributed by atoms with van der Waals surface area (Å²) in [5.41, 5.74) is 3.87. The van der Waals surface area contributed by atoms with Crippen molar-refractivity contribution in [1.82, 2.24) is 19.9 Å². The van der Waals surface area contributed by atoms with Crippen molar-refractivity contribution in [2.75, 3.05) is 5.75 Å². The number of thioether (sulfide) groups is 1. The first-order valence-corrected chi connectivity index (χ1v) is 9.86. The quantitative estimate of drug-likeness (QED) is 0.512. The normalized spacial score (nSPS) is 11.2. The van der Waals surface area contributed by atoms with Crippen molar-refractivity contribution in [3.8, 4) is 0 Å². The number of nitrogens with zero attached hydrogens (tertiary/aromatic N) is 3. The van der Waals surface area contributed by atoms with E-state index >= 15 is 0 Å². The van der Waals surface area contributed by atoms with Crippen molar-refractivity contribution < 1.29 is 4.79 Å². The van der Waals surface area contributed by atoms with Crippen LogP contribution in [0.1, 0.15) is 11.1 Å². The molecule has 0 aliphatic carbocycles. The molecule has 4 aromatic rings. The standard InChI is InChI=1S/C20H17ClN4OS/c1-13-10-18-23-24-20(25(18)17-9-5-3-7-15(13)17)27-12-19(26)22-11-14-6-2-4-8-16(14)21/h2-10H,11-12H2,1H3,(H,22,26). The first-order valence-electron chi connectivity index (χ1n) is 8.50. The van der Waals surface area contributed by atoms with E-state index < -0.39 is 0 Å². The highest BCUT2D eigenvalue weighted by atomic mass is 35.5. The number of pyridine rings is 1. The smallest absolute Gasteiger partial charge is 0.230 e. The van der Waals surface area contributed by atoms with E-state index in [2.05, 4.69) is 28.5 Å². The second kappa shape index (κ2) is 7.58. The highest BCUT2D eigenvalue weighted by Crippen LogP contribution is 2.25. The minimum atomic E-state index is -0.0758. The monoisotopic (exact) mass is 396 g/mol. The van der Waals surface area contributed by atoms with Gasteiger partial charge in [0.25, 0.3) is 0 Å². The molecule has 2 heterocycles. The molecular formula is C20H17ClN4OS. The Morgan fingerprint density at radius 1 is 1.15 bits per heavy atom. The summed E-state index contributed by atoms with van der Waals surface area (Å²) >= 11 is 7.49. The Kier molecular flexibility index (Phi) is 5.01. The number of benzene rings is 2. The van der Waals surface area contributed by atoms with E-state index in [0.717, 1.165) is 27.7 Å². The number of para-hydroxylation sites is 1. The average molecular weight is 397 g/mol. The minimum Gasteiger partial charge on any atom is -0.351 e. The first kappa shape index (κ1) is 17.8. The van der Waals surface area contributed by atoms with Gasteiger partial charge in [-0.15, -0.1) is 10.2 Å². The van der Waals surface area contributed by atoms with Gasteiger partial charge in [-0.2, -0.15) is 0 Å². The van der Waals surface area contributed by atoms with Gasteiger partial charge >= 0.3 is 0 Å². The van der Waals surface area contributed by atoms with Gasteiger partial charge in [0.15, 0.2) is 10.8 Å². The van der Waals surface area contributed by atoms with E-state index in [4.69, 9.17) is 11.6 Å². The van der Waals surface area contributed by atoms with Gasteiger partial charge < -0.3 is 5.32 Å². The highest BCUT2D eigenvalue weighted by molar-refractivity contribution is 7.99. The van der Waals surface area contributed by atoms with Crippen LogP contribution in [0.2, 0.25) is 5.02 Å². The summed E-state index contributed by atoms with van der Waals surface area (Å²) in [6.07, 6.45) is 0. The molecule has 2 aromatic heterocycles. The predicted molar refractivity (Wildman–Crippen MR) is 109 cm³/mol. The maximum absolute atomic E-state index is 12.2. The number of hydrogen-bond acceptors (Lipinski definition) is 4. The molecule has 0 radical (unpaired) electrons. The number of halogens is 1. The zero-order valence-corrected chi connectivity index (χ0v) is 16.2. The summed E-state index contributed by atoms with van der Waals surface area (Å²) < 4.78 is 1.99. The van der Waals surface area contributed by atoms with Gasteiger partial charge in [0.05, 0.1) is 11.3 Å². The SMILES string of the molecule is Cc1cc2nnc(SCC(=O)NCc3ccccc3Cl)n2c2ccccc12. The first-order chi connectivity index (χ1) is 13.1. The van der Waals surface area contributed by atoms with Gasteiger partial charge in [0.1, 0.15) is 0 Å². The van der Waals surface area contributed by atoms with Gasteiger partial charge in [-0.25, -0.2) is 0 Å². The average Bonchev–Trinajstić information content (AvgIpc) is 3.09. The van der Waals surface area contributed by atoms with Gasteiger partial charge in [0, 0.05) is 17.0 Å². The van der Waals surface area contributed by atoms with E-state index in [1.807, 2.05) is 52.9 Å². The lowest BCUT2D eigenvalue weighted by Crippen LogP contribution is -2.24. The summed E-state index contributed by atoms with van der Waals surface area (Å²) in [5, 5.41) is 13.9. The van der Waals surface area contributed by atoms with E-state index in [1.165, 1.54) is 11.8 Å². The number of nitrogens with one attached hydrogen (secondary N) is 1. The van der Waals surface area contributed by atoms with Crippen LogP contribution in [-0.4, -0.2) is 26.3 Å². The van der Waals surface area contributed by atoms with Crippen molar-refractivity contribution in [2.45, 2.75) is 18.6 Å². The lowest BCUT2D eigenvalue weighted by Gasteiger charge is -2.08. The Hall–Kier alpha value is -2.57. The van der Waals surface area contributed by atoms with Crippen LogP contribution >= 0.6 is 23.4 Å². The van der Waals surface area contributed by atoms with E-state index in [0.29, 0.717) is 16.7 Å². The fraction of sp³-hybridized carbons (Fsp3) is 0.150. The van der Waals surface area contributed by atoms with Crippen LogP contribution < -0.4 is 5.32 Å². The van der Waals surface area contributed by atoms with Crippen molar-refractivity contribution in [3.05, 3.63) is 70.7 Å². The Morgan fingerprint density at radius 2 is 1.93 bits per heavy atom. The molecule has 2 aromatic carbocycles. The molecule has 7 heteroatoms. The summed E-state index contributed by atoms with van der Waals surface area (Å²) in [6, 6.07) is 17.6. The van der Waals surface area contributed by atoms with Crippen LogP contribution in [0.15, 0.2) is 59.8 Å².